The van der Waals surface area contributed by atoms with Crippen molar-refractivity contribution in [3.05, 3.63) is 103 Å². The summed E-state index contributed by atoms with van der Waals surface area (Å²) in [6.07, 6.45) is 4.03. The van der Waals surface area contributed by atoms with Crippen LogP contribution in [0.4, 0.5) is 0 Å². The molecule has 0 spiro atoms. The van der Waals surface area contributed by atoms with Crippen molar-refractivity contribution in [2.24, 2.45) is 0 Å². The number of rotatable bonds is 4. The molecule has 1 aliphatic heterocycles. The topological polar surface area (TPSA) is 61.2 Å². The second-order valence-corrected chi connectivity index (χ2v) is 9.80. The molecule has 36 heavy (non-hydrogen) atoms. The lowest BCUT2D eigenvalue weighted by molar-refractivity contribution is 0.0391. The number of carbonyl (C=O) groups is 2. The summed E-state index contributed by atoms with van der Waals surface area (Å²) in [6.45, 7) is 4.61. The van der Waals surface area contributed by atoms with Crippen LogP contribution in [-0.4, -0.2) is 21.5 Å². The molecule has 0 atom stereocenters. The highest BCUT2D eigenvalue weighted by molar-refractivity contribution is 7.21. The first kappa shape index (κ1) is 20.8. The van der Waals surface area contributed by atoms with Gasteiger partial charge in [0.05, 0.1) is 21.3 Å². The Kier molecular flexibility index (Phi) is 4.46. The van der Waals surface area contributed by atoms with E-state index < -0.39 is 11.9 Å². The van der Waals surface area contributed by atoms with Crippen LogP contribution in [0, 0.1) is 0 Å². The van der Waals surface area contributed by atoms with Crippen molar-refractivity contribution in [1.82, 2.24) is 9.55 Å². The fraction of sp³-hybridized carbons (Fsp3) is 0.0333. The van der Waals surface area contributed by atoms with Gasteiger partial charge in [0.15, 0.2) is 0 Å². The molecule has 172 valence electrons. The number of allylic oxidation sites excluding steroid dienone is 1. The molecule has 7 rings (SSSR count). The molecule has 0 unspecified atom stereocenters. The fourth-order valence-corrected chi connectivity index (χ4v) is 6.10. The van der Waals surface area contributed by atoms with Gasteiger partial charge < -0.3 is 9.30 Å². The Morgan fingerprint density at radius 1 is 0.861 bits per heavy atom. The summed E-state index contributed by atoms with van der Waals surface area (Å²) < 4.78 is 8.25. The molecule has 0 bridgehead atoms. The number of para-hydroxylation sites is 1. The SMILES string of the molecule is C=CCn1cc(-c2nc3ccccc3s2)c2cc(-c3ccc4c5c(cccc35)C(=O)OC4=O)ccc21. The zero-order valence-corrected chi connectivity index (χ0v) is 19.8. The Morgan fingerprint density at radius 2 is 1.67 bits per heavy atom. The van der Waals surface area contributed by atoms with E-state index in [0.29, 0.717) is 23.1 Å². The van der Waals surface area contributed by atoms with E-state index in [0.717, 1.165) is 48.2 Å². The third-order valence-electron chi connectivity index (χ3n) is 6.71. The van der Waals surface area contributed by atoms with Crippen LogP contribution in [0.5, 0.6) is 0 Å². The van der Waals surface area contributed by atoms with Gasteiger partial charge in [-0.15, -0.1) is 17.9 Å². The van der Waals surface area contributed by atoms with Gasteiger partial charge in [-0.05, 0) is 52.9 Å². The molecule has 6 aromatic rings. The van der Waals surface area contributed by atoms with Crippen molar-refractivity contribution in [2.75, 3.05) is 0 Å². The van der Waals surface area contributed by atoms with Crippen LogP contribution in [0.1, 0.15) is 20.7 Å². The molecule has 5 nitrogen and oxygen atoms in total. The summed E-state index contributed by atoms with van der Waals surface area (Å²) >= 11 is 1.68. The zero-order valence-electron chi connectivity index (χ0n) is 19.0. The van der Waals surface area contributed by atoms with E-state index in [4.69, 9.17) is 9.72 Å². The van der Waals surface area contributed by atoms with Gasteiger partial charge in [-0.2, -0.15) is 0 Å². The molecule has 0 saturated heterocycles. The quantitative estimate of drug-likeness (QED) is 0.150. The van der Waals surface area contributed by atoms with Crippen molar-refractivity contribution in [2.45, 2.75) is 6.54 Å². The number of ether oxygens (including phenoxy) is 1. The molecule has 0 amide bonds. The normalized spacial score (nSPS) is 13.0. The largest absolute Gasteiger partial charge is 0.386 e. The summed E-state index contributed by atoms with van der Waals surface area (Å²) in [4.78, 5) is 29.7. The van der Waals surface area contributed by atoms with Gasteiger partial charge in [0.25, 0.3) is 0 Å². The van der Waals surface area contributed by atoms with Crippen molar-refractivity contribution in [1.29, 1.82) is 0 Å². The van der Waals surface area contributed by atoms with Gasteiger partial charge in [-0.1, -0.05) is 42.5 Å². The Hall–Kier alpha value is -4.55. The Balaban J connectivity index is 1.48. The molecule has 0 radical (unpaired) electrons. The summed E-state index contributed by atoms with van der Waals surface area (Å²) in [7, 11) is 0. The monoisotopic (exact) mass is 486 g/mol. The first-order valence-electron chi connectivity index (χ1n) is 11.5. The minimum atomic E-state index is -0.606. The van der Waals surface area contributed by atoms with E-state index in [-0.39, 0.29) is 0 Å². The lowest BCUT2D eigenvalue weighted by atomic mass is 9.90. The minimum absolute atomic E-state index is 0.414. The number of fused-ring (bicyclic) bond motifs is 2. The van der Waals surface area contributed by atoms with Gasteiger partial charge in [0, 0.05) is 34.6 Å². The number of hydrogen-bond acceptors (Lipinski definition) is 5. The third kappa shape index (κ3) is 2.98. The average Bonchev–Trinajstić information content (AvgIpc) is 3.48. The van der Waals surface area contributed by atoms with Gasteiger partial charge >= 0.3 is 11.9 Å². The van der Waals surface area contributed by atoms with Crippen molar-refractivity contribution in [3.63, 3.8) is 0 Å². The van der Waals surface area contributed by atoms with Crippen LogP contribution in [0.3, 0.4) is 0 Å². The summed E-state index contributed by atoms with van der Waals surface area (Å²) in [5.41, 5.74) is 5.92. The highest BCUT2D eigenvalue weighted by Crippen LogP contribution is 2.40. The summed E-state index contributed by atoms with van der Waals surface area (Å²) in [5, 5.41) is 3.55. The fourth-order valence-electron chi connectivity index (χ4n) is 5.11. The predicted octanol–water partition coefficient (Wildman–Crippen LogP) is 7.23. The van der Waals surface area contributed by atoms with E-state index in [1.807, 2.05) is 42.5 Å². The molecule has 1 aliphatic rings. The van der Waals surface area contributed by atoms with E-state index >= 15 is 0 Å². The van der Waals surface area contributed by atoms with Crippen LogP contribution < -0.4 is 0 Å². The molecule has 6 heteroatoms. The van der Waals surface area contributed by atoms with Gasteiger partial charge in [0.2, 0.25) is 0 Å². The van der Waals surface area contributed by atoms with E-state index in [1.165, 1.54) is 0 Å². The first-order chi connectivity index (χ1) is 17.6. The molecule has 0 aliphatic carbocycles. The number of benzene rings is 4. The lowest BCUT2D eigenvalue weighted by Gasteiger charge is -2.17. The highest BCUT2D eigenvalue weighted by atomic mass is 32.1. The molecule has 2 aromatic heterocycles. The number of hydrogen-bond donors (Lipinski definition) is 0. The third-order valence-corrected chi connectivity index (χ3v) is 7.78. The van der Waals surface area contributed by atoms with Gasteiger partial charge in [-0.25, -0.2) is 14.6 Å². The second-order valence-electron chi connectivity index (χ2n) is 8.77. The minimum Gasteiger partial charge on any atom is -0.386 e. The molecule has 3 heterocycles. The second kappa shape index (κ2) is 7.73. The molecule has 0 fully saturated rings. The van der Waals surface area contributed by atoms with E-state index in [2.05, 4.69) is 41.6 Å². The lowest BCUT2D eigenvalue weighted by Crippen LogP contribution is -2.19. The maximum Gasteiger partial charge on any atom is 0.346 e. The van der Waals surface area contributed by atoms with Crippen molar-refractivity contribution < 1.29 is 14.3 Å². The van der Waals surface area contributed by atoms with Crippen molar-refractivity contribution >= 4 is 55.2 Å². The Bertz CT molecular complexity index is 1860. The summed E-state index contributed by atoms with van der Waals surface area (Å²) in [5.74, 6) is -1.21. The molecular weight excluding hydrogens is 468 g/mol. The zero-order chi connectivity index (χ0) is 24.4. The number of aromatic nitrogens is 2. The number of carbonyl (C=O) groups excluding carboxylic acids is 2. The Morgan fingerprint density at radius 3 is 2.50 bits per heavy atom. The van der Waals surface area contributed by atoms with E-state index in [1.54, 1.807) is 23.5 Å². The molecule has 4 aromatic carbocycles. The number of esters is 2. The average molecular weight is 487 g/mol. The van der Waals surface area contributed by atoms with Crippen LogP contribution in [0.15, 0.2) is 91.6 Å². The maximum absolute atomic E-state index is 12.4. The van der Waals surface area contributed by atoms with Gasteiger partial charge in [0.1, 0.15) is 5.01 Å². The van der Waals surface area contributed by atoms with Crippen LogP contribution in [0.2, 0.25) is 0 Å². The first-order valence-corrected chi connectivity index (χ1v) is 12.4. The van der Waals surface area contributed by atoms with Crippen LogP contribution in [0.25, 0.3) is 53.6 Å². The predicted molar refractivity (Wildman–Crippen MR) is 143 cm³/mol. The summed E-state index contributed by atoms with van der Waals surface area (Å²) in [6, 6.07) is 23.7. The maximum atomic E-state index is 12.4. The molecular formula is C30H18N2O3S. The van der Waals surface area contributed by atoms with Crippen LogP contribution in [-0.2, 0) is 11.3 Å². The van der Waals surface area contributed by atoms with Gasteiger partial charge in [-0.3, -0.25) is 0 Å². The standard InChI is InChI=1S/C30H18N2O3S/c1-2-14-32-16-23(28-31-24-8-3-4-9-26(24)36-28)22-15-17(10-13-25(22)32)18-11-12-21-27-19(18)6-5-7-20(27)29(33)35-30(21)34/h2-13,15-16H,1,14H2. The molecule has 0 N–H and O–H groups in total. The van der Waals surface area contributed by atoms with E-state index in [9.17, 15) is 9.59 Å². The molecule has 0 saturated carbocycles. The Labute approximate surface area is 209 Å². The number of thiazole rings is 1. The van der Waals surface area contributed by atoms with Crippen LogP contribution >= 0.6 is 11.3 Å². The number of nitrogens with zero attached hydrogens (tertiary/aromatic N) is 2. The van der Waals surface area contributed by atoms with Crippen molar-refractivity contribution in [3.8, 4) is 21.7 Å². The smallest absolute Gasteiger partial charge is 0.346 e. The number of cyclic esters (lactones) is 2. The highest BCUT2D eigenvalue weighted by Gasteiger charge is 2.28.